The minimum atomic E-state index is -0.379. The molecule has 2 fully saturated rings. The molecule has 2 saturated carbocycles. The topological polar surface area (TPSA) is 58.7 Å². The zero-order valence-electron chi connectivity index (χ0n) is 10.2. The zero-order valence-corrected chi connectivity index (χ0v) is 10.2. The molecule has 0 spiro atoms. The van der Waals surface area contributed by atoms with E-state index in [0.29, 0.717) is 12.0 Å². The molecule has 16 heavy (non-hydrogen) atoms. The summed E-state index contributed by atoms with van der Waals surface area (Å²) in [6.45, 7) is 2.62. The summed E-state index contributed by atoms with van der Waals surface area (Å²) in [7, 11) is 1.73. The van der Waals surface area contributed by atoms with Gasteiger partial charge in [0.15, 0.2) is 0 Å². The van der Waals surface area contributed by atoms with E-state index in [9.17, 15) is 5.11 Å². The first kappa shape index (κ1) is 12.3. The summed E-state index contributed by atoms with van der Waals surface area (Å²) in [5.41, 5.74) is 5.93. The Bertz CT molecular complexity index is 229. The summed E-state index contributed by atoms with van der Waals surface area (Å²) < 4.78 is 5.13. The second-order valence-electron chi connectivity index (χ2n) is 5.36. The Morgan fingerprint density at radius 3 is 2.50 bits per heavy atom. The third-order valence-corrected chi connectivity index (χ3v) is 3.83. The van der Waals surface area contributed by atoms with E-state index in [1.54, 1.807) is 7.11 Å². The van der Waals surface area contributed by atoms with Gasteiger partial charge in [-0.05, 0) is 31.6 Å². The molecule has 0 saturated heterocycles. The molecule has 0 aliphatic heterocycles. The van der Waals surface area contributed by atoms with E-state index < -0.39 is 0 Å². The largest absolute Gasteiger partial charge is 0.394 e. The molecule has 1 unspecified atom stereocenters. The molecule has 0 radical (unpaired) electrons. The van der Waals surface area contributed by atoms with E-state index in [1.807, 2.05) is 0 Å². The van der Waals surface area contributed by atoms with Crippen molar-refractivity contribution in [2.24, 2.45) is 11.7 Å². The van der Waals surface area contributed by atoms with Crippen molar-refractivity contribution in [1.29, 1.82) is 0 Å². The van der Waals surface area contributed by atoms with Crippen LogP contribution >= 0.6 is 0 Å². The molecule has 2 aliphatic carbocycles. The Morgan fingerprint density at radius 1 is 1.38 bits per heavy atom. The maximum atomic E-state index is 9.49. The standard InChI is InChI=1S/C12H24N2O2/c1-16-7-6-14(11-4-5-11)8-12(13,9-15)10-2-3-10/h10-11,15H,2-9,13H2,1H3. The number of aliphatic hydroxyl groups excluding tert-OH is 1. The molecule has 2 rings (SSSR count). The van der Waals surface area contributed by atoms with E-state index >= 15 is 0 Å². The van der Waals surface area contributed by atoms with Crippen molar-refractivity contribution in [2.75, 3.05) is 33.4 Å². The van der Waals surface area contributed by atoms with Gasteiger partial charge in [-0.1, -0.05) is 0 Å². The fraction of sp³-hybridized carbons (Fsp3) is 1.00. The first-order valence-electron chi connectivity index (χ1n) is 6.32. The van der Waals surface area contributed by atoms with Gasteiger partial charge in [-0.25, -0.2) is 0 Å². The van der Waals surface area contributed by atoms with Crippen molar-refractivity contribution in [3.63, 3.8) is 0 Å². The van der Waals surface area contributed by atoms with Gasteiger partial charge in [0.05, 0.1) is 18.8 Å². The van der Waals surface area contributed by atoms with Gasteiger partial charge in [-0.15, -0.1) is 0 Å². The molecule has 0 aromatic carbocycles. The Kier molecular flexibility index (Phi) is 3.85. The summed E-state index contributed by atoms with van der Waals surface area (Å²) >= 11 is 0. The normalized spacial score (nSPS) is 24.8. The molecule has 0 aromatic heterocycles. The number of ether oxygens (including phenoxy) is 1. The lowest BCUT2D eigenvalue weighted by atomic mass is 9.94. The highest BCUT2D eigenvalue weighted by atomic mass is 16.5. The third kappa shape index (κ3) is 2.94. The number of rotatable bonds is 8. The van der Waals surface area contributed by atoms with Crippen LogP contribution in [-0.4, -0.2) is 55.0 Å². The smallest absolute Gasteiger partial charge is 0.0626 e. The van der Waals surface area contributed by atoms with Gasteiger partial charge in [0.25, 0.3) is 0 Å². The van der Waals surface area contributed by atoms with Crippen LogP contribution in [0.4, 0.5) is 0 Å². The van der Waals surface area contributed by atoms with Gasteiger partial charge >= 0.3 is 0 Å². The van der Waals surface area contributed by atoms with Gasteiger partial charge in [0.1, 0.15) is 0 Å². The van der Waals surface area contributed by atoms with Crippen LogP contribution in [0.15, 0.2) is 0 Å². The maximum Gasteiger partial charge on any atom is 0.0626 e. The van der Waals surface area contributed by atoms with Gasteiger partial charge in [0.2, 0.25) is 0 Å². The fourth-order valence-corrected chi connectivity index (χ4v) is 2.38. The molecule has 0 heterocycles. The first-order chi connectivity index (χ1) is 7.69. The molecular formula is C12H24N2O2. The molecule has 3 N–H and O–H groups in total. The maximum absolute atomic E-state index is 9.49. The molecule has 4 nitrogen and oxygen atoms in total. The predicted molar refractivity (Wildman–Crippen MR) is 63.2 cm³/mol. The first-order valence-corrected chi connectivity index (χ1v) is 6.32. The average molecular weight is 228 g/mol. The summed E-state index contributed by atoms with van der Waals surface area (Å²) in [4.78, 5) is 2.40. The van der Waals surface area contributed by atoms with Crippen LogP contribution in [0.25, 0.3) is 0 Å². The highest BCUT2D eigenvalue weighted by molar-refractivity contribution is 5.02. The van der Waals surface area contributed by atoms with Crippen LogP contribution in [0.5, 0.6) is 0 Å². The molecule has 0 aromatic rings. The molecular weight excluding hydrogens is 204 g/mol. The molecule has 0 amide bonds. The zero-order chi connectivity index (χ0) is 11.6. The number of methoxy groups -OCH3 is 1. The van der Waals surface area contributed by atoms with Crippen LogP contribution in [0.2, 0.25) is 0 Å². The average Bonchev–Trinajstić information content (AvgIpc) is 3.15. The van der Waals surface area contributed by atoms with Gasteiger partial charge in [0, 0.05) is 26.2 Å². The van der Waals surface area contributed by atoms with Crippen molar-refractivity contribution < 1.29 is 9.84 Å². The molecule has 94 valence electrons. The Hall–Kier alpha value is -0.160. The number of aliphatic hydroxyl groups is 1. The minimum Gasteiger partial charge on any atom is -0.394 e. The molecule has 4 heteroatoms. The summed E-state index contributed by atoms with van der Waals surface area (Å²) in [6, 6.07) is 0.684. The van der Waals surface area contributed by atoms with Crippen molar-refractivity contribution in [3.05, 3.63) is 0 Å². The van der Waals surface area contributed by atoms with Crippen LogP contribution in [0.3, 0.4) is 0 Å². The van der Waals surface area contributed by atoms with E-state index in [1.165, 1.54) is 25.7 Å². The van der Waals surface area contributed by atoms with Gasteiger partial charge in [-0.3, -0.25) is 4.90 Å². The Labute approximate surface area is 97.7 Å². The summed E-state index contributed by atoms with van der Waals surface area (Å²) in [6.07, 6.45) is 4.91. The van der Waals surface area contributed by atoms with E-state index in [4.69, 9.17) is 10.5 Å². The van der Waals surface area contributed by atoms with E-state index in [0.717, 1.165) is 19.7 Å². The number of hydrogen-bond donors (Lipinski definition) is 2. The van der Waals surface area contributed by atoms with Gasteiger partial charge in [-0.2, -0.15) is 0 Å². The van der Waals surface area contributed by atoms with Crippen molar-refractivity contribution in [2.45, 2.75) is 37.3 Å². The van der Waals surface area contributed by atoms with Crippen molar-refractivity contribution in [1.82, 2.24) is 4.90 Å². The SMILES string of the molecule is COCCN(CC(N)(CO)C1CC1)C1CC1. The quantitative estimate of drug-likeness (QED) is 0.623. The monoisotopic (exact) mass is 228 g/mol. The van der Waals surface area contributed by atoms with E-state index in [-0.39, 0.29) is 12.1 Å². The molecule has 0 bridgehead atoms. The predicted octanol–water partition coefficient (Wildman–Crippen LogP) is 0.197. The summed E-state index contributed by atoms with van der Waals surface area (Å²) in [5.74, 6) is 0.529. The number of nitrogens with two attached hydrogens (primary N) is 1. The summed E-state index contributed by atoms with van der Waals surface area (Å²) in [5, 5.41) is 9.49. The van der Waals surface area contributed by atoms with Crippen LogP contribution in [0, 0.1) is 5.92 Å². The Morgan fingerprint density at radius 2 is 2.06 bits per heavy atom. The Balaban J connectivity index is 1.87. The van der Waals surface area contributed by atoms with E-state index in [2.05, 4.69) is 4.90 Å². The molecule has 2 aliphatic rings. The lowest BCUT2D eigenvalue weighted by Crippen LogP contribution is -2.55. The highest BCUT2D eigenvalue weighted by Crippen LogP contribution is 2.39. The number of hydrogen-bond acceptors (Lipinski definition) is 4. The fourth-order valence-electron chi connectivity index (χ4n) is 2.38. The van der Waals surface area contributed by atoms with Crippen molar-refractivity contribution in [3.8, 4) is 0 Å². The van der Waals surface area contributed by atoms with Crippen molar-refractivity contribution >= 4 is 0 Å². The minimum absolute atomic E-state index is 0.105. The third-order valence-electron chi connectivity index (χ3n) is 3.83. The highest BCUT2D eigenvalue weighted by Gasteiger charge is 2.44. The lowest BCUT2D eigenvalue weighted by molar-refractivity contribution is 0.0909. The second-order valence-corrected chi connectivity index (χ2v) is 5.36. The second kappa shape index (κ2) is 5.00. The molecule has 1 atom stereocenters. The van der Waals surface area contributed by atoms with Crippen LogP contribution in [-0.2, 0) is 4.74 Å². The van der Waals surface area contributed by atoms with Crippen LogP contribution in [0.1, 0.15) is 25.7 Å². The number of nitrogens with zero attached hydrogens (tertiary/aromatic N) is 1. The lowest BCUT2D eigenvalue weighted by Gasteiger charge is -2.34. The van der Waals surface area contributed by atoms with Crippen LogP contribution < -0.4 is 5.73 Å². The van der Waals surface area contributed by atoms with Gasteiger partial charge < -0.3 is 15.6 Å².